The van der Waals surface area contributed by atoms with E-state index >= 15 is 0 Å². The fourth-order valence-electron chi connectivity index (χ4n) is 1.32. The Morgan fingerprint density at radius 1 is 1.32 bits per heavy atom. The molecule has 0 saturated carbocycles. The maximum absolute atomic E-state index is 12.5. The van der Waals surface area contributed by atoms with E-state index in [0.717, 1.165) is 16.8 Å². The Kier molecular flexibility index (Phi) is 3.07. The second-order valence-electron chi connectivity index (χ2n) is 3.35. The molecule has 0 radical (unpaired) electrons. The average Bonchev–Trinajstić information content (AvgIpc) is 2.86. The van der Waals surface area contributed by atoms with Crippen LogP contribution in [-0.4, -0.2) is 30.6 Å². The van der Waals surface area contributed by atoms with E-state index in [0.29, 0.717) is 0 Å². The smallest absolute Gasteiger partial charge is 0.409 e. The number of alkyl halides is 3. The average molecular weight is 272 g/mol. The second kappa shape index (κ2) is 4.55. The van der Waals surface area contributed by atoms with Crippen LogP contribution in [0.25, 0.3) is 5.95 Å². The topological polar surface area (TPSA) is 102 Å². The summed E-state index contributed by atoms with van der Waals surface area (Å²) in [6.07, 6.45) is -1.07. The van der Waals surface area contributed by atoms with Gasteiger partial charge in [0.25, 0.3) is 0 Å². The molecule has 7 nitrogen and oxygen atoms in total. The minimum atomic E-state index is -4.59. The number of imidazole rings is 1. The van der Waals surface area contributed by atoms with E-state index in [2.05, 4.69) is 20.1 Å². The summed E-state index contributed by atoms with van der Waals surface area (Å²) in [5, 5.41) is 11.3. The van der Waals surface area contributed by atoms with Gasteiger partial charge in [0.15, 0.2) is 5.82 Å². The summed E-state index contributed by atoms with van der Waals surface area (Å²) in [5.41, 5.74) is 4.24. The van der Waals surface area contributed by atoms with Gasteiger partial charge in [-0.2, -0.15) is 13.2 Å². The quantitative estimate of drug-likeness (QED) is 0.364. The molecule has 2 heterocycles. The number of hydrogen-bond acceptors (Lipinski definition) is 5. The predicted octanol–water partition coefficient (Wildman–Crippen LogP) is 0.776. The second-order valence-corrected chi connectivity index (χ2v) is 3.35. The molecule has 100 valence electrons. The highest BCUT2D eigenvalue weighted by Crippen LogP contribution is 2.27. The van der Waals surface area contributed by atoms with Crippen molar-refractivity contribution in [3.8, 4) is 5.95 Å². The molecule has 0 fully saturated rings. The fourth-order valence-corrected chi connectivity index (χ4v) is 1.32. The van der Waals surface area contributed by atoms with Crippen LogP contribution in [0.1, 0.15) is 11.5 Å². The molecule has 0 aliphatic carbocycles. The molecule has 0 bridgehead atoms. The summed E-state index contributed by atoms with van der Waals surface area (Å²) in [5.74, 6) is -0.721. The van der Waals surface area contributed by atoms with Crippen LogP contribution in [0.4, 0.5) is 13.2 Å². The number of halogens is 3. The highest BCUT2D eigenvalue weighted by atomic mass is 19.4. The molecule has 0 aliphatic heterocycles. The van der Waals surface area contributed by atoms with Gasteiger partial charge in [-0.3, -0.25) is 4.57 Å². The van der Waals surface area contributed by atoms with E-state index in [1.165, 1.54) is 12.4 Å². The van der Waals surface area contributed by atoms with Crippen molar-refractivity contribution in [1.82, 2.24) is 19.5 Å². The van der Waals surface area contributed by atoms with E-state index in [1.54, 1.807) is 0 Å². The summed E-state index contributed by atoms with van der Waals surface area (Å²) in [4.78, 5) is 10.8. The van der Waals surface area contributed by atoms with Crippen LogP contribution in [0.2, 0.25) is 0 Å². The number of rotatable bonds is 2. The fraction of sp³-hybridized carbons (Fsp3) is 0.111. The van der Waals surface area contributed by atoms with E-state index in [1.807, 2.05) is 0 Å². The van der Waals surface area contributed by atoms with Gasteiger partial charge in [0.05, 0.1) is 0 Å². The molecular formula is C9H7F3N6O. The summed E-state index contributed by atoms with van der Waals surface area (Å²) < 4.78 is 38.7. The number of aromatic nitrogens is 4. The third-order valence-electron chi connectivity index (χ3n) is 2.13. The van der Waals surface area contributed by atoms with Crippen molar-refractivity contribution in [3.63, 3.8) is 0 Å². The number of nitrogens with zero attached hydrogens (tertiary/aromatic N) is 5. The van der Waals surface area contributed by atoms with Crippen molar-refractivity contribution in [3.05, 3.63) is 36.2 Å². The van der Waals surface area contributed by atoms with Gasteiger partial charge in [0, 0.05) is 18.6 Å². The van der Waals surface area contributed by atoms with Gasteiger partial charge in [-0.1, -0.05) is 5.16 Å². The first-order chi connectivity index (χ1) is 8.93. The third-order valence-corrected chi connectivity index (χ3v) is 2.13. The van der Waals surface area contributed by atoms with Gasteiger partial charge in [-0.25, -0.2) is 15.0 Å². The number of nitrogens with two attached hydrogens (primary N) is 1. The Labute approximate surface area is 104 Å². The lowest BCUT2D eigenvalue weighted by atomic mass is 10.4. The number of hydrogen-bond donors (Lipinski definition) is 2. The molecule has 0 spiro atoms. The molecule has 0 atom stereocenters. The lowest BCUT2D eigenvalue weighted by Crippen LogP contribution is -2.20. The van der Waals surface area contributed by atoms with Crippen molar-refractivity contribution >= 4 is 5.84 Å². The standard InChI is InChI=1S/C9H7F3N6O/c10-9(11,12)5-1-2-15-8(16-5)18-4-3-14-7(18)6(13)17-19/h1-4,19H,(H2,13,17). The highest BCUT2D eigenvalue weighted by Gasteiger charge is 2.33. The zero-order chi connectivity index (χ0) is 14.0. The monoisotopic (exact) mass is 272 g/mol. The molecule has 0 unspecified atom stereocenters. The van der Waals surface area contributed by atoms with Crippen LogP contribution in [0.3, 0.4) is 0 Å². The summed E-state index contributed by atoms with van der Waals surface area (Å²) in [6, 6.07) is 0.740. The summed E-state index contributed by atoms with van der Waals surface area (Å²) >= 11 is 0. The van der Waals surface area contributed by atoms with Crippen LogP contribution in [0, 0.1) is 0 Å². The maximum Gasteiger partial charge on any atom is 0.433 e. The number of oxime groups is 1. The van der Waals surface area contributed by atoms with Gasteiger partial charge < -0.3 is 10.9 Å². The zero-order valence-electron chi connectivity index (χ0n) is 9.20. The first kappa shape index (κ1) is 12.8. The highest BCUT2D eigenvalue weighted by molar-refractivity contribution is 5.94. The Morgan fingerprint density at radius 3 is 2.68 bits per heavy atom. The Morgan fingerprint density at radius 2 is 2.05 bits per heavy atom. The molecule has 10 heteroatoms. The Hall–Kier alpha value is -2.65. The lowest BCUT2D eigenvalue weighted by molar-refractivity contribution is -0.141. The van der Waals surface area contributed by atoms with Gasteiger partial charge in [-0.15, -0.1) is 0 Å². The third kappa shape index (κ3) is 2.46. The van der Waals surface area contributed by atoms with Crippen molar-refractivity contribution in [1.29, 1.82) is 0 Å². The van der Waals surface area contributed by atoms with Crippen molar-refractivity contribution < 1.29 is 18.4 Å². The summed E-state index contributed by atoms with van der Waals surface area (Å²) in [7, 11) is 0. The van der Waals surface area contributed by atoms with Crippen LogP contribution in [0.15, 0.2) is 29.8 Å². The van der Waals surface area contributed by atoms with Crippen molar-refractivity contribution in [2.75, 3.05) is 0 Å². The molecular weight excluding hydrogens is 265 g/mol. The van der Waals surface area contributed by atoms with Crippen molar-refractivity contribution in [2.45, 2.75) is 6.18 Å². The van der Waals surface area contributed by atoms with Gasteiger partial charge in [0.1, 0.15) is 5.69 Å². The van der Waals surface area contributed by atoms with E-state index in [-0.39, 0.29) is 17.6 Å². The molecule has 2 rings (SSSR count). The minimum absolute atomic E-state index is 0.0678. The largest absolute Gasteiger partial charge is 0.433 e. The Bertz CT molecular complexity index is 620. The van der Waals surface area contributed by atoms with Crippen LogP contribution >= 0.6 is 0 Å². The predicted molar refractivity (Wildman–Crippen MR) is 56.7 cm³/mol. The first-order valence-electron chi connectivity index (χ1n) is 4.85. The molecule has 2 aromatic heterocycles. The molecule has 0 aliphatic rings. The minimum Gasteiger partial charge on any atom is -0.409 e. The maximum atomic E-state index is 12.5. The summed E-state index contributed by atoms with van der Waals surface area (Å²) in [6.45, 7) is 0. The first-order valence-corrected chi connectivity index (χ1v) is 4.85. The van der Waals surface area contributed by atoms with E-state index < -0.39 is 11.9 Å². The van der Waals surface area contributed by atoms with Crippen LogP contribution in [0.5, 0.6) is 0 Å². The zero-order valence-corrected chi connectivity index (χ0v) is 9.20. The molecule has 0 amide bonds. The molecule has 2 aromatic rings. The van der Waals surface area contributed by atoms with Crippen LogP contribution < -0.4 is 5.73 Å². The number of amidine groups is 1. The normalized spacial score (nSPS) is 12.7. The molecule has 0 saturated heterocycles. The SMILES string of the molecule is NC(=NO)c1nccn1-c1nccc(C(F)(F)F)n1. The van der Waals surface area contributed by atoms with E-state index in [9.17, 15) is 13.2 Å². The van der Waals surface area contributed by atoms with Gasteiger partial charge in [-0.05, 0) is 6.07 Å². The van der Waals surface area contributed by atoms with Gasteiger partial charge >= 0.3 is 6.18 Å². The molecule has 3 N–H and O–H groups in total. The molecule has 19 heavy (non-hydrogen) atoms. The van der Waals surface area contributed by atoms with E-state index in [4.69, 9.17) is 10.9 Å². The Balaban J connectivity index is 2.52. The molecule has 0 aromatic carbocycles. The van der Waals surface area contributed by atoms with Gasteiger partial charge in [0.2, 0.25) is 11.8 Å². The van der Waals surface area contributed by atoms with Crippen LogP contribution in [-0.2, 0) is 6.18 Å². The van der Waals surface area contributed by atoms with Crippen molar-refractivity contribution in [2.24, 2.45) is 10.9 Å². The lowest BCUT2D eigenvalue weighted by Gasteiger charge is -2.08.